The highest BCUT2D eigenvalue weighted by molar-refractivity contribution is 7.99. The molecule has 1 unspecified atom stereocenters. The Balaban J connectivity index is 1.81. The molecule has 0 saturated heterocycles. The van der Waals surface area contributed by atoms with Crippen molar-refractivity contribution >= 4 is 33.4 Å². The van der Waals surface area contributed by atoms with Crippen LogP contribution in [-0.2, 0) is 13.0 Å². The van der Waals surface area contributed by atoms with Crippen LogP contribution in [0.25, 0.3) is 21.7 Å². The maximum absolute atomic E-state index is 13.1. The molecule has 0 aliphatic heterocycles. The summed E-state index contributed by atoms with van der Waals surface area (Å²) in [7, 11) is 0. The summed E-state index contributed by atoms with van der Waals surface area (Å²) in [5.74, 6) is 1.23. The van der Waals surface area contributed by atoms with Gasteiger partial charge in [-0.05, 0) is 36.8 Å². The Labute approximate surface area is 160 Å². The smallest absolute Gasteiger partial charge is 0.262 e. The second-order valence-corrected chi connectivity index (χ2v) is 7.63. The molecule has 0 amide bonds. The van der Waals surface area contributed by atoms with Crippen LogP contribution in [-0.4, -0.2) is 19.7 Å². The van der Waals surface area contributed by atoms with Crippen molar-refractivity contribution in [1.82, 2.24) is 19.7 Å². The van der Waals surface area contributed by atoms with Crippen molar-refractivity contribution in [2.24, 2.45) is 0 Å². The summed E-state index contributed by atoms with van der Waals surface area (Å²) in [5.41, 5.74) is 0.681. The largest absolute Gasteiger partial charge is 0.338 e. The highest BCUT2D eigenvalue weighted by Gasteiger charge is 2.19. The minimum atomic E-state index is -0.0968. The Morgan fingerprint density at radius 3 is 2.56 bits per heavy atom. The van der Waals surface area contributed by atoms with Crippen LogP contribution in [0, 0.1) is 0 Å². The normalized spacial score (nSPS) is 12.7. The average Bonchev–Trinajstić information content (AvgIpc) is 3.16. The Hall–Kier alpha value is -2.67. The first-order chi connectivity index (χ1) is 13.1. The Kier molecular flexibility index (Phi) is 4.70. The lowest BCUT2D eigenvalue weighted by atomic mass is 10.1. The second-order valence-electron chi connectivity index (χ2n) is 6.32. The molecule has 27 heavy (non-hydrogen) atoms. The number of fused-ring (bicyclic) bond motifs is 2. The van der Waals surface area contributed by atoms with Gasteiger partial charge in [0, 0.05) is 13.0 Å². The molecule has 7 heteroatoms. The maximum Gasteiger partial charge on any atom is 0.262 e. The Morgan fingerprint density at radius 2 is 1.89 bits per heavy atom. The van der Waals surface area contributed by atoms with Gasteiger partial charge >= 0.3 is 0 Å². The van der Waals surface area contributed by atoms with Crippen molar-refractivity contribution in [2.75, 3.05) is 0 Å². The van der Waals surface area contributed by atoms with Gasteiger partial charge in [-0.15, -0.1) is 0 Å². The van der Waals surface area contributed by atoms with Crippen molar-refractivity contribution in [1.29, 1.82) is 0 Å². The van der Waals surface area contributed by atoms with Gasteiger partial charge in [0.15, 0.2) is 11.0 Å². The van der Waals surface area contributed by atoms with Crippen molar-refractivity contribution in [3.8, 4) is 0 Å². The predicted molar refractivity (Wildman–Crippen MR) is 107 cm³/mol. The molecule has 0 N–H and O–H groups in total. The minimum Gasteiger partial charge on any atom is -0.338 e. The van der Waals surface area contributed by atoms with Crippen molar-refractivity contribution in [3.05, 3.63) is 58.5 Å². The average molecular weight is 380 g/mol. The van der Waals surface area contributed by atoms with E-state index in [1.54, 1.807) is 4.57 Å². The lowest BCUT2D eigenvalue weighted by Crippen LogP contribution is -2.22. The molecular weight excluding hydrogens is 360 g/mol. The molecule has 0 spiro atoms. The molecule has 4 rings (SSSR count). The van der Waals surface area contributed by atoms with Crippen LogP contribution in [0.2, 0.25) is 0 Å². The molecular formula is C20H20N4O2S. The van der Waals surface area contributed by atoms with Gasteiger partial charge in [0.1, 0.15) is 0 Å². The van der Waals surface area contributed by atoms with E-state index < -0.39 is 0 Å². The molecule has 2 aromatic heterocycles. The number of thioether (sulfide) groups is 1. The number of benzene rings is 2. The number of hydrogen-bond donors (Lipinski definition) is 0. The number of aromatic nitrogens is 4. The lowest BCUT2D eigenvalue weighted by Gasteiger charge is -2.13. The fraction of sp³-hybridized carbons (Fsp3) is 0.300. The molecule has 0 aliphatic carbocycles. The van der Waals surface area contributed by atoms with Crippen molar-refractivity contribution in [3.63, 3.8) is 0 Å². The molecule has 4 aromatic rings. The molecule has 138 valence electrons. The minimum absolute atomic E-state index is 0.0253. The van der Waals surface area contributed by atoms with Gasteiger partial charge in [-0.3, -0.25) is 9.36 Å². The molecule has 2 aromatic carbocycles. The standard InChI is InChI=1S/C20H20N4O2S/c1-4-17-22-18(26-23-17)12(3)27-20-21-16-11-14-9-7-6-8-13(14)10-15(16)19(25)24(20)5-2/h6-12H,4-5H2,1-3H3. The third-order valence-electron chi connectivity index (χ3n) is 4.53. The molecule has 2 heterocycles. The first-order valence-electron chi connectivity index (χ1n) is 9.03. The molecule has 6 nitrogen and oxygen atoms in total. The van der Waals surface area contributed by atoms with Crippen LogP contribution < -0.4 is 5.56 Å². The first-order valence-corrected chi connectivity index (χ1v) is 9.91. The maximum atomic E-state index is 13.1. The fourth-order valence-electron chi connectivity index (χ4n) is 3.04. The van der Waals surface area contributed by atoms with Crippen LogP contribution in [0.4, 0.5) is 0 Å². The number of nitrogens with zero attached hydrogens (tertiary/aromatic N) is 4. The Bertz CT molecular complexity index is 1180. The molecule has 0 fully saturated rings. The SMILES string of the molecule is CCc1noc(C(C)Sc2nc3cc4ccccc4cc3c(=O)n2CC)n1. The van der Waals surface area contributed by atoms with Crippen molar-refractivity contribution < 1.29 is 4.52 Å². The second kappa shape index (κ2) is 7.15. The third-order valence-corrected chi connectivity index (χ3v) is 5.61. The van der Waals surface area contributed by atoms with E-state index in [2.05, 4.69) is 10.1 Å². The van der Waals surface area contributed by atoms with Gasteiger partial charge in [-0.1, -0.05) is 48.1 Å². The Morgan fingerprint density at radius 1 is 1.15 bits per heavy atom. The summed E-state index contributed by atoms with van der Waals surface area (Å²) in [6, 6.07) is 11.9. The van der Waals surface area contributed by atoms with Crippen LogP contribution in [0.15, 0.2) is 50.9 Å². The van der Waals surface area contributed by atoms with Gasteiger partial charge < -0.3 is 4.52 Å². The summed E-state index contributed by atoms with van der Waals surface area (Å²) >= 11 is 1.46. The summed E-state index contributed by atoms with van der Waals surface area (Å²) < 4.78 is 7.05. The summed E-state index contributed by atoms with van der Waals surface area (Å²) in [6.07, 6.45) is 0.724. The monoisotopic (exact) mass is 380 g/mol. The zero-order valence-electron chi connectivity index (χ0n) is 15.5. The van der Waals surface area contributed by atoms with E-state index in [1.165, 1.54) is 11.8 Å². The summed E-state index contributed by atoms with van der Waals surface area (Å²) in [4.78, 5) is 22.2. The molecule has 0 radical (unpaired) electrons. The van der Waals surface area contributed by atoms with Crippen LogP contribution >= 0.6 is 11.8 Å². The molecule has 1 atom stereocenters. The third kappa shape index (κ3) is 3.23. The summed E-state index contributed by atoms with van der Waals surface area (Å²) in [5, 5.41) is 7.26. The van der Waals surface area contributed by atoms with Gasteiger partial charge in [0.05, 0.1) is 16.2 Å². The van der Waals surface area contributed by atoms with Crippen molar-refractivity contribution in [2.45, 2.75) is 44.1 Å². The number of aryl methyl sites for hydroxylation is 1. The highest BCUT2D eigenvalue weighted by atomic mass is 32.2. The molecule has 0 bridgehead atoms. The van der Waals surface area contributed by atoms with E-state index >= 15 is 0 Å². The van der Waals surface area contributed by atoms with Gasteiger partial charge in [-0.25, -0.2) is 4.98 Å². The van der Waals surface area contributed by atoms with E-state index in [9.17, 15) is 4.79 Å². The van der Waals surface area contributed by atoms with E-state index in [4.69, 9.17) is 9.51 Å². The fourth-order valence-corrected chi connectivity index (χ4v) is 4.04. The van der Waals surface area contributed by atoms with Gasteiger partial charge in [0.2, 0.25) is 5.89 Å². The number of rotatable bonds is 5. The summed E-state index contributed by atoms with van der Waals surface area (Å²) in [6.45, 7) is 6.46. The van der Waals surface area contributed by atoms with Crippen LogP contribution in [0.5, 0.6) is 0 Å². The highest BCUT2D eigenvalue weighted by Crippen LogP contribution is 2.33. The zero-order chi connectivity index (χ0) is 19.0. The van der Waals surface area contributed by atoms with Crippen LogP contribution in [0.1, 0.15) is 37.7 Å². The van der Waals surface area contributed by atoms with Crippen LogP contribution in [0.3, 0.4) is 0 Å². The van der Waals surface area contributed by atoms with Gasteiger partial charge in [-0.2, -0.15) is 4.98 Å². The van der Waals surface area contributed by atoms with E-state index in [0.717, 1.165) is 17.2 Å². The molecule has 0 saturated carbocycles. The lowest BCUT2D eigenvalue weighted by molar-refractivity contribution is 0.375. The zero-order valence-corrected chi connectivity index (χ0v) is 16.3. The topological polar surface area (TPSA) is 73.8 Å². The first kappa shape index (κ1) is 17.7. The quantitative estimate of drug-likeness (QED) is 0.291. The number of hydrogen-bond acceptors (Lipinski definition) is 6. The van der Waals surface area contributed by atoms with Gasteiger partial charge in [0.25, 0.3) is 5.56 Å². The molecule has 0 aliphatic rings. The van der Waals surface area contributed by atoms with E-state index in [-0.39, 0.29) is 10.8 Å². The predicted octanol–water partition coefficient (Wildman–Crippen LogP) is 4.37. The van der Waals surface area contributed by atoms with E-state index in [1.807, 2.05) is 57.2 Å². The van der Waals surface area contributed by atoms with E-state index in [0.29, 0.717) is 34.3 Å².